The molecule has 4 atom stereocenters. The molecule has 0 aliphatic carbocycles. The van der Waals surface area contributed by atoms with Gasteiger partial charge in [-0.1, -0.05) is 151 Å². The van der Waals surface area contributed by atoms with Gasteiger partial charge in [0.05, 0.1) is 70.0 Å². The monoisotopic (exact) mass is 792 g/mol. The molecule has 55 heavy (non-hydrogen) atoms. The summed E-state index contributed by atoms with van der Waals surface area (Å²) in [6.45, 7) is 27.1. The summed E-state index contributed by atoms with van der Waals surface area (Å²) in [5.74, 6) is 0. The normalized spacial score (nSPS) is 14.5. The van der Waals surface area contributed by atoms with Crippen LogP contribution in [0, 0.1) is 0 Å². The van der Waals surface area contributed by atoms with Crippen LogP contribution in [0.1, 0.15) is 129 Å². The highest BCUT2D eigenvalue weighted by molar-refractivity contribution is 7.84. The van der Waals surface area contributed by atoms with Crippen LogP contribution in [0.2, 0.25) is 0 Å². The molecule has 4 N–H and O–H groups in total. The number of hydrogen-bond donors (Lipinski definition) is 2. The molecule has 0 heterocycles. The highest BCUT2D eigenvalue weighted by atomic mass is 32.2. The molecule has 0 bridgehead atoms. The average molecular weight is 793 g/mol. The summed E-state index contributed by atoms with van der Waals surface area (Å²) in [6, 6.07) is 37.1. The largest absolute Gasteiger partial charge is 0.412 e. The van der Waals surface area contributed by atoms with Crippen molar-refractivity contribution >= 4 is 22.0 Å². The maximum absolute atomic E-state index is 12.7. The zero-order chi connectivity index (χ0) is 40.2. The molecular weight excluding hydrogens is 725 g/mol. The molecule has 0 aliphatic heterocycles. The summed E-state index contributed by atoms with van der Waals surface area (Å²) >= 11 is 0. The molecule has 9 heteroatoms. The van der Waals surface area contributed by atoms with E-state index in [-0.39, 0.29) is 37.9 Å². The second-order valence-electron chi connectivity index (χ2n) is 17.8. The lowest BCUT2D eigenvalue weighted by Gasteiger charge is -2.25. The Morgan fingerprint density at radius 1 is 0.473 bits per heavy atom. The number of rotatable bonds is 14. The zero-order valence-corrected chi connectivity index (χ0v) is 37.0. The molecule has 0 saturated heterocycles. The molecule has 0 saturated carbocycles. The van der Waals surface area contributed by atoms with E-state index in [1.165, 1.54) is 11.1 Å². The van der Waals surface area contributed by atoms with E-state index in [0.717, 1.165) is 22.3 Å². The van der Waals surface area contributed by atoms with Crippen LogP contribution in [-0.4, -0.2) is 36.6 Å². The minimum atomic E-state index is -1.17. The van der Waals surface area contributed by atoms with Crippen LogP contribution < -0.4 is 9.44 Å². The minimum Gasteiger partial charge on any atom is -0.412 e. The minimum absolute atomic E-state index is 0. The van der Waals surface area contributed by atoms with Gasteiger partial charge in [0.2, 0.25) is 0 Å². The Morgan fingerprint density at radius 3 is 1.02 bits per heavy atom. The van der Waals surface area contributed by atoms with Gasteiger partial charge in [0.1, 0.15) is 0 Å². The molecule has 4 rings (SSSR count). The van der Waals surface area contributed by atoms with Crippen molar-refractivity contribution in [3.63, 3.8) is 0 Å². The van der Waals surface area contributed by atoms with E-state index in [9.17, 15) is 8.42 Å². The summed E-state index contributed by atoms with van der Waals surface area (Å²) in [6.07, 6.45) is 0. The lowest BCUT2D eigenvalue weighted by Crippen LogP contribution is -2.37. The van der Waals surface area contributed by atoms with E-state index in [4.69, 9.17) is 9.47 Å². The molecule has 0 aromatic heterocycles. The van der Waals surface area contributed by atoms with E-state index >= 15 is 0 Å². The van der Waals surface area contributed by atoms with Gasteiger partial charge in [-0.05, 0) is 85.8 Å². The van der Waals surface area contributed by atoms with Crippen LogP contribution in [-0.2, 0) is 55.5 Å². The third-order valence-corrected chi connectivity index (χ3v) is 12.0. The molecule has 4 aromatic carbocycles. The summed E-state index contributed by atoms with van der Waals surface area (Å²) in [5, 5.41) is 0. The molecule has 4 aromatic rings. The van der Waals surface area contributed by atoms with Gasteiger partial charge < -0.3 is 14.9 Å². The predicted octanol–water partition coefficient (Wildman–Crippen LogP) is 9.76. The van der Waals surface area contributed by atoms with Crippen molar-refractivity contribution in [1.29, 1.82) is 0 Å². The van der Waals surface area contributed by atoms with Crippen molar-refractivity contribution < 1.29 is 23.4 Å². The molecule has 304 valence electrons. The number of ether oxygens (including phenoxy) is 2. The lowest BCUT2D eigenvalue weighted by molar-refractivity contribution is 0.104. The van der Waals surface area contributed by atoms with Crippen LogP contribution >= 0.6 is 0 Å². The van der Waals surface area contributed by atoms with Crippen molar-refractivity contribution in [3.8, 4) is 0 Å². The van der Waals surface area contributed by atoms with Crippen LogP contribution in [0.5, 0.6) is 0 Å². The van der Waals surface area contributed by atoms with E-state index < -0.39 is 22.0 Å². The van der Waals surface area contributed by atoms with Crippen LogP contribution in [0.3, 0.4) is 0 Å². The van der Waals surface area contributed by atoms with Crippen LogP contribution in [0.4, 0.5) is 0 Å². The third kappa shape index (κ3) is 16.9. The van der Waals surface area contributed by atoms with E-state index in [0.29, 0.717) is 26.4 Å². The number of hydrogen-bond acceptors (Lipinski definition) is 4. The third-order valence-electron chi connectivity index (χ3n) is 8.76. The molecular formula is C46H68N2O5S2. The van der Waals surface area contributed by atoms with Crippen molar-refractivity contribution in [2.24, 2.45) is 0 Å². The van der Waals surface area contributed by atoms with Gasteiger partial charge in [-0.2, -0.15) is 0 Å². The highest BCUT2D eigenvalue weighted by Crippen LogP contribution is 2.27. The van der Waals surface area contributed by atoms with Gasteiger partial charge in [-0.25, -0.2) is 17.9 Å². The SMILES string of the molecule is CC(C)(C)c1ccc([C@H](COCc2ccccc2)N[S@](=O)C(C)(C)C)cc1.CC(C)(C)c1ccc([C@H](COCc2ccccc2)N[S@](=O)C(C)(C)C)cc1.O. The van der Waals surface area contributed by atoms with Crippen LogP contribution in [0.15, 0.2) is 109 Å². The Labute approximate surface area is 337 Å². The molecule has 0 unspecified atom stereocenters. The van der Waals surface area contributed by atoms with Crippen molar-refractivity contribution in [1.82, 2.24) is 9.44 Å². The number of benzene rings is 4. The summed E-state index contributed by atoms with van der Waals surface area (Å²) in [5.41, 5.74) is 7.24. The second-order valence-corrected chi connectivity index (χ2v) is 21.8. The molecule has 0 fully saturated rings. The fourth-order valence-corrected chi connectivity index (χ4v) is 6.81. The zero-order valence-electron chi connectivity index (χ0n) is 35.3. The van der Waals surface area contributed by atoms with E-state index in [1.54, 1.807) is 0 Å². The van der Waals surface area contributed by atoms with Crippen molar-refractivity contribution in [2.75, 3.05) is 13.2 Å². The Balaban J connectivity index is 0.000000373. The first-order valence-corrected chi connectivity index (χ1v) is 21.2. The first-order valence-electron chi connectivity index (χ1n) is 18.9. The van der Waals surface area contributed by atoms with Gasteiger partial charge in [0.15, 0.2) is 0 Å². The standard InChI is InChI=1S/2C23H33NO2S.H2O/c2*1-22(2,3)20-14-12-19(13-15-20)21(24-27(25)23(4,5)6)17-26-16-18-10-8-7-9-11-18;/h2*7-15,21,24H,16-17H2,1-6H3;1H2/t2*21-,27+;/m00./s1. The van der Waals surface area contributed by atoms with Crippen LogP contribution in [0.25, 0.3) is 0 Å². The summed E-state index contributed by atoms with van der Waals surface area (Å²) < 4.78 is 43.1. The average Bonchev–Trinajstić information content (AvgIpc) is 3.10. The second kappa shape index (κ2) is 21.5. The highest BCUT2D eigenvalue weighted by Gasteiger charge is 2.26. The molecule has 7 nitrogen and oxygen atoms in total. The Bertz CT molecular complexity index is 1590. The first-order chi connectivity index (χ1) is 25.1. The van der Waals surface area contributed by atoms with Crippen molar-refractivity contribution in [3.05, 3.63) is 143 Å². The molecule has 0 spiro atoms. The first kappa shape index (κ1) is 48.1. The molecule has 0 aliphatic rings. The predicted molar refractivity (Wildman–Crippen MR) is 234 cm³/mol. The van der Waals surface area contributed by atoms with Gasteiger partial charge >= 0.3 is 0 Å². The van der Waals surface area contributed by atoms with E-state index in [2.05, 4.69) is 99.5 Å². The maximum atomic E-state index is 12.7. The summed E-state index contributed by atoms with van der Waals surface area (Å²) in [7, 11) is -2.34. The quantitative estimate of drug-likeness (QED) is 0.133. The van der Waals surface area contributed by atoms with Crippen molar-refractivity contribution in [2.45, 2.75) is 129 Å². The molecule has 0 radical (unpaired) electrons. The van der Waals surface area contributed by atoms with Gasteiger partial charge in [-0.3, -0.25) is 0 Å². The van der Waals surface area contributed by atoms with Gasteiger partial charge in [0.25, 0.3) is 0 Å². The fourth-order valence-electron chi connectivity index (χ4n) is 5.18. The lowest BCUT2D eigenvalue weighted by atomic mass is 9.86. The number of nitrogens with one attached hydrogen (secondary N) is 2. The Morgan fingerprint density at radius 2 is 0.764 bits per heavy atom. The fraction of sp³-hybridized carbons (Fsp3) is 0.478. The Kier molecular flexibility index (Phi) is 18.8. The molecule has 0 amide bonds. The van der Waals surface area contributed by atoms with Gasteiger partial charge in [-0.15, -0.1) is 0 Å². The van der Waals surface area contributed by atoms with E-state index in [1.807, 2.05) is 102 Å². The topological polar surface area (TPSA) is 108 Å². The Hall–Kier alpha value is -3.02. The van der Waals surface area contributed by atoms with Gasteiger partial charge in [0, 0.05) is 0 Å². The maximum Gasteiger partial charge on any atom is 0.0976 e. The smallest absolute Gasteiger partial charge is 0.0976 e. The summed E-state index contributed by atoms with van der Waals surface area (Å²) in [4.78, 5) is 0.